The van der Waals surface area contributed by atoms with Gasteiger partial charge in [0, 0.05) is 31.1 Å². The molecule has 0 spiro atoms. The molecule has 0 unspecified atom stereocenters. The Morgan fingerprint density at radius 2 is 1.70 bits per heavy atom. The number of amides is 3. The second-order valence-corrected chi connectivity index (χ2v) is 15.8. The molecule has 2 aromatic carbocycles. The van der Waals surface area contributed by atoms with Crippen LogP contribution in [-0.2, 0) is 37.5 Å². The van der Waals surface area contributed by atoms with Gasteiger partial charge in [0.2, 0.25) is 0 Å². The number of rotatable bonds is 9. The molecule has 1 N–H and O–H groups in total. The second-order valence-electron chi connectivity index (χ2n) is 14.2. The quantitative estimate of drug-likeness (QED) is 0.379. The van der Waals surface area contributed by atoms with Crippen LogP contribution >= 0.6 is 0 Å². The Kier molecular flexibility index (Phi) is 9.37. The maximum absolute atomic E-state index is 16.8. The molecule has 0 aromatic heterocycles. The van der Waals surface area contributed by atoms with Crippen molar-refractivity contribution >= 4 is 39.7 Å². The lowest BCUT2D eigenvalue weighted by molar-refractivity contribution is -0.117. The highest BCUT2D eigenvalue weighted by atomic mass is 32.2. The molecule has 2 heterocycles. The molecule has 1 aliphatic carbocycles. The maximum Gasteiger partial charge on any atom is 0.415 e. The number of nitrogens with zero attached hydrogens (tertiary/aromatic N) is 3. The molecule has 1 atom stereocenters. The van der Waals surface area contributed by atoms with E-state index in [9.17, 15) is 22.8 Å². The van der Waals surface area contributed by atoms with Gasteiger partial charge < -0.3 is 19.1 Å². The average molecular weight is 675 g/mol. The van der Waals surface area contributed by atoms with Gasteiger partial charge in [-0.3, -0.25) is 9.69 Å². The molecule has 47 heavy (non-hydrogen) atoms. The van der Waals surface area contributed by atoms with Crippen LogP contribution in [0.15, 0.2) is 36.4 Å². The minimum atomic E-state index is -4.42. The van der Waals surface area contributed by atoms with Gasteiger partial charge in [0.05, 0.1) is 11.7 Å². The lowest BCUT2D eigenvalue weighted by Crippen LogP contribution is -2.49. The SMILES string of the molecule is CC(C)(C)OC(=O)N(CCC1CC1)C[C@H]1Cc2c(cc(OCc3ccccc3)c(N3CC(=O)NS3(=O)=O)c2F)N1C(=O)OC(C)(C)C. The summed E-state index contributed by atoms with van der Waals surface area (Å²) < 4.78 is 62.7. The van der Waals surface area contributed by atoms with Gasteiger partial charge in [-0.15, -0.1) is 0 Å². The molecule has 2 fully saturated rings. The first-order chi connectivity index (χ1) is 21.9. The van der Waals surface area contributed by atoms with Crippen LogP contribution in [0.2, 0.25) is 0 Å². The highest BCUT2D eigenvalue weighted by molar-refractivity contribution is 7.92. The minimum absolute atomic E-state index is 0.00654. The fraction of sp³-hybridized carbons (Fsp3) is 0.545. The number of carbonyl (C=O) groups excluding carboxylic acids is 3. The Bertz CT molecular complexity index is 1630. The summed E-state index contributed by atoms with van der Waals surface area (Å²) in [6, 6.07) is 9.61. The normalized spacial score (nSPS) is 18.9. The van der Waals surface area contributed by atoms with Gasteiger partial charge in [0.1, 0.15) is 35.8 Å². The van der Waals surface area contributed by atoms with Crippen LogP contribution < -0.4 is 18.7 Å². The van der Waals surface area contributed by atoms with Crippen molar-refractivity contribution in [3.63, 3.8) is 0 Å². The van der Waals surface area contributed by atoms with Gasteiger partial charge in [0.15, 0.2) is 5.82 Å². The van der Waals surface area contributed by atoms with Crippen molar-refractivity contribution in [1.82, 2.24) is 9.62 Å². The molecule has 1 saturated carbocycles. The van der Waals surface area contributed by atoms with E-state index in [1.54, 1.807) is 65.8 Å². The molecule has 3 aliphatic rings. The highest BCUT2D eigenvalue weighted by Crippen LogP contribution is 2.46. The summed E-state index contributed by atoms with van der Waals surface area (Å²) in [7, 11) is -4.42. The van der Waals surface area contributed by atoms with Crippen molar-refractivity contribution in [2.45, 2.75) is 91.1 Å². The lowest BCUT2D eigenvalue weighted by atomic mass is 10.1. The highest BCUT2D eigenvalue weighted by Gasteiger charge is 2.45. The molecule has 0 bridgehead atoms. The van der Waals surface area contributed by atoms with Gasteiger partial charge in [-0.05, 0) is 59.4 Å². The average Bonchev–Trinajstić information content (AvgIpc) is 3.64. The number of ether oxygens (including phenoxy) is 3. The Morgan fingerprint density at radius 3 is 2.28 bits per heavy atom. The van der Waals surface area contributed by atoms with Crippen LogP contribution in [0.3, 0.4) is 0 Å². The van der Waals surface area contributed by atoms with Crippen molar-refractivity contribution in [3.05, 3.63) is 53.3 Å². The van der Waals surface area contributed by atoms with Crippen LogP contribution in [0.25, 0.3) is 0 Å². The molecule has 2 aromatic rings. The number of halogens is 1. The van der Waals surface area contributed by atoms with Gasteiger partial charge >= 0.3 is 22.4 Å². The monoisotopic (exact) mass is 674 g/mol. The van der Waals surface area contributed by atoms with Crippen molar-refractivity contribution in [3.8, 4) is 5.75 Å². The number of anilines is 2. The zero-order valence-corrected chi connectivity index (χ0v) is 28.5. The molecule has 12 nitrogen and oxygen atoms in total. The van der Waals surface area contributed by atoms with E-state index in [2.05, 4.69) is 0 Å². The summed E-state index contributed by atoms with van der Waals surface area (Å²) in [6.45, 7) is 10.1. The smallest absolute Gasteiger partial charge is 0.415 e. The number of benzene rings is 2. The van der Waals surface area contributed by atoms with E-state index < -0.39 is 63.6 Å². The van der Waals surface area contributed by atoms with Crippen LogP contribution in [-0.4, -0.2) is 68.3 Å². The summed E-state index contributed by atoms with van der Waals surface area (Å²) in [5.41, 5.74) is -1.23. The summed E-state index contributed by atoms with van der Waals surface area (Å²) in [5, 5.41) is 0. The summed E-state index contributed by atoms with van der Waals surface area (Å²) >= 11 is 0. The van der Waals surface area contributed by atoms with Gasteiger partial charge in [-0.25, -0.2) is 23.0 Å². The Morgan fingerprint density at radius 1 is 1.04 bits per heavy atom. The van der Waals surface area contributed by atoms with E-state index in [0.717, 1.165) is 24.8 Å². The van der Waals surface area contributed by atoms with Crippen molar-refractivity contribution in [2.24, 2.45) is 5.92 Å². The van der Waals surface area contributed by atoms with E-state index in [4.69, 9.17) is 14.2 Å². The first-order valence-corrected chi connectivity index (χ1v) is 17.2. The fourth-order valence-corrected chi connectivity index (χ4v) is 6.75. The van der Waals surface area contributed by atoms with Crippen LogP contribution in [0, 0.1) is 11.7 Å². The third-order valence-electron chi connectivity index (χ3n) is 7.83. The molecule has 14 heteroatoms. The van der Waals surface area contributed by atoms with E-state index in [1.165, 1.54) is 15.9 Å². The number of carbonyl (C=O) groups is 3. The van der Waals surface area contributed by atoms with E-state index in [0.29, 0.717) is 16.8 Å². The molecule has 256 valence electrons. The van der Waals surface area contributed by atoms with Gasteiger partial charge in [-0.2, -0.15) is 8.42 Å². The first-order valence-electron chi connectivity index (χ1n) is 15.8. The Balaban J connectivity index is 1.58. The number of nitrogens with one attached hydrogen (secondary N) is 1. The van der Waals surface area contributed by atoms with Crippen LogP contribution in [0.4, 0.5) is 25.4 Å². The van der Waals surface area contributed by atoms with E-state index in [-0.39, 0.29) is 36.6 Å². The predicted molar refractivity (Wildman–Crippen MR) is 173 cm³/mol. The third-order valence-corrected chi connectivity index (χ3v) is 9.21. The minimum Gasteiger partial charge on any atom is -0.487 e. The third kappa shape index (κ3) is 8.27. The molecular formula is C33H43FN4O8S. The lowest BCUT2D eigenvalue weighted by Gasteiger charge is -2.33. The largest absolute Gasteiger partial charge is 0.487 e. The number of hydrogen-bond acceptors (Lipinski definition) is 8. The maximum atomic E-state index is 16.8. The topological polar surface area (TPSA) is 135 Å². The van der Waals surface area contributed by atoms with Crippen molar-refractivity contribution in [2.75, 3.05) is 28.8 Å². The number of hydrogen-bond donors (Lipinski definition) is 1. The standard InChI is InChI=1S/C33H43FN4O8S/c1-32(2,3)45-30(40)36(15-14-21-12-13-21)18-23-16-24-25(38(23)31(41)46-33(4,5)6)17-26(44-20-22-10-8-7-9-11-22)29(28(24)34)37-19-27(39)35-47(37,42)43/h7-11,17,21,23H,12-16,18-20H2,1-6H3,(H,35,39)/t23-/m1/s1. The summed E-state index contributed by atoms with van der Waals surface area (Å²) in [4.78, 5) is 42.2. The molecule has 2 aliphatic heterocycles. The van der Waals surface area contributed by atoms with Crippen molar-refractivity contribution < 1.29 is 41.4 Å². The second kappa shape index (κ2) is 12.9. The summed E-state index contributed by atoms with van der Waals surface area (Å²) in [5.74, 6) is -1.46. The molecular weight excluding hydrogens is 631 g/mol. The van der Waals surface area contributed by atoms with Gasteiger partial charge in [-0.1, -0.05) is 43.2 Å². The summed E-state index contributed by atoms with van der Waals surface area (Å²) in [6.07, 6.45) is 1.53. The zero-order chi connectivity index (χ0) is 34.3. The van der Waals surface area contributed by atoms with E-state index >= 15 is 4.39 Å². The van der Waals surface area contributed by atoms with Gasteiger partial charge in [0.25, 0.3) is 5.91 Å². The Hall–Kier alpha value is -4.07. The fourth-order valence-electron chi connectivity index (χ4n) is 5.59. The predicted octanol–water partition coefficient (Wildman–Crippen LogP) is 5.29. The molecule has 1 saturated heterocycles. The molecule has 0 radical (unpaired) electrons. The molecule has 3 amide bonds. The number of fused-ring (bicyclic) bond motifs is 1. The zero-order valence-electron chi connectivity index (χ0n) is 27.7. The van der Waals surface area contributed by atoms with Crippen LogP contribution in [0.5, 0.6) is 5.75 Å². The molecule has 5 rings (SSSR count). The van der Waals surface area contributed by atoms with Crippen molar-refractivity contribution in [1.29, 1.82) is 0 Å². The Labute approximate surface area is 275 Å². The van der Waals surface area contributed by atoms with E-state index in [1.807, 2.05) is 10.8 Å². The van der Waals surface area contributed by atoms with Crippen LogP contribution in [0.1, 0.15) is 71.9 Å². The first kappa shape index (κ1) is 34.3.